The zero-order chi connectivity index (χ0) is 20.0. The van der Waals surface area contributed by atoms with Crippen LogP contribution in [0.4, 0.5) is 5.82 Å². The molecule has 0 saturated heterocycles. The number of nitrogens with zero attached hydrogens (tertiary/aromatic N) is 2. The highest BCUT2D eigenvalue weighted by molar-refractivity contribution is 5.99. The third-order valence-electron chi connectivity index (χ3n) is 3.87. The molecule has 3 N–H and O–H groups in total. The first kappa shape index (κ1) is 20.1. The molecule has 2 amide bonds. The van der Waals surface area contributed by atoms with E-state index in [0.717, 1.165) is 23.6 Å². The number of carbonyl (C=O) groups is 4. The second-order valence-corrected chi connectivity index (χ2v) is 6.58. The number of aromatic nitrogens is 2. The predicted molar refractivity (Wildman–Crippen MR) is 98.9 cm³/mol. The van der Waals surface area contributed by atoms with Gasteiger partial charge in [-0.25, -0.2) is 0 Å². The van der Waals surface area contributed by atoms with Crippen LogP contribution in [0.3, 0.4) is 0 Å². The lowest BCUT2D eigenvalue weighted by molar-refractivity contribution is -0.118. The maximum Gasteiger partial charge on any atom is 0.252 e. The molecule has 1 aromatic heterocycles. The monoisotopic (exact) mass is 374 g/mol. The molecular weight excluding hydrogens is 352 g/mol. The Bertz CT molecular complexity index is 803. The van der Waals surface area contributed by atoms with Gasteiger partial charge in [-0.05, 0) is 37.3 Å². The van der Waals surface area contributed by atoms with E-state index in [4.69, 9.17) is 0 Å². The van der Waals surface area contributed by atoms with Crippen molar-refractivity contribution in [3.63, 3.8) is 0 Å². The van der Waals surface area contributed by atoms with Crippen LogP contribution >= 0.6 is 0 Å². The van der Waals surface area contributed by atoms with Crippen molar-refractivity contribution in [2.75, 3.05) is 5.32 Å². The molecule has 0 spiro atoms. The fraction of sp³-hybridized carbons (Fsp3) is 0.389. The van der Waals surface area contributed by atoms with Crippen molar-refractivity contribution in [2.24, 2.45) is 5.92 Å². The summed E-state index contributed by atoms with van der Waals surface area (Å²) in [5, 5.41) is 19.9. The number of aliphatic hydroxyl groups excluding tert-OH is 1. The number of hydrogen-bond acceptors (Lipinski definition) is 6. The van der Waals surface area contributed by atoms with Crippen LogP contribution in [-0.4, -0.2) is 45.8 Å². The summed E-state index contributed by atoms with van der Waals surface area (Å²) in [6, 6.07) is 0.0919. The normalized spacial score (nSPS) is 14.8. The fourth-order valence-corrected chi connectivity index (χ4v) is 2.50. The highest BCUT2D eigenvalue weighted by atomic mass is 16.3. The summed E-state index contributed by atoms with van der Waals surface area (Å²) in [7, 11) is 0. The minimum atomic E-state index is -0.486. The Morgan fingerprint density at radius 2 is 2.04 bits per heavy atom. The quantitative estimate of drug-likeness (QED) is 0.323. The molecule has 1 fully saturated rings. The lowest BCUT2D eigenvalue weighted by Gasteiger charge is -2.14. The van der Waals surface area contributed by atoms with Gasteiger partial charge in [0.2, 0.25) is 12.3 Å². The van der Waals surface area contributed by atoms with Crippen LogP contribution in [-0.2, 0) is 14.4 Å². The summed E-state index contributed by atoms with van der Waals surface area (Å²) in [5.41, 5.74) is 0.134. The van der Waals surface area contributed by atoms with Crippen LogP contribution < -0.4 is 10.6 Å². The van der Waals surface area contributed by atoms with E-state index < -0.39 is 11.8 Å². The zero-order valence-electron chi connectivity index (χ0n) is 15.1. The average molecular weight is 374 g/mol. The standard InChI is InChI=1S/C18H22N4O5/c1-11(2)8-14(17(26)20-12-5-6-12)18(27)22-16(19-10-25)13(4-3-7-23)15(9-24)21-22/h3-4,7,9-12,27H,5-6,8H2,1-2H3,(H,19,25)(H,20,26)/b4-3+,18-14-. The Labute approximate surface area is 156 Å². The molecule has 9 heteroatoms. The van der Waals surface area contributed by atoms with Crippen LogP contribution in [0.1, 0.15) is 49.2 Å². The van der Waals surface area contributed by atoms with E-state index in [1.165, 1.54) is 6.08 Å². The first-order chi connectivity index (χ1) is 12.9. The Morgan fingerprint density at radius 3 is 2.56 bits per heavy atom. The summed E-state index contributed by atoms with van der Waals surface area (Å²) in [6.45, 7) is 3.78. The topological polar surface area (TPSA) is 130 Å². The predicted octanol–water partition coefficient (Wildman–Crippen LogP) is 1.53. The Kier molecular flexibility index (Phi) is 6.64. The van der Waals surface area contributed by atoms with Crippen molar-refractivity contribution in [1.82, 2.24) is 15.1 Å². The Hall–Kier alpha value is -3.23. The molecule has 1 heterocycles. The number of nitrogens with one attached hydrogen (secondary N) is 2. The molecule has 0 bridgehead atoms. The van der Waals surface area contributed by atoms with E-state index in [9.17, 15) is 24.3 Å². The highest BCUT2D eigenvalue weighted by Gasteiger charge is 2.28. The van der Waals surface area contributed by atoms with Gasteiger partial charge in [0.05, 0.1) is 5.57 Å². The van der Waals surface area contributed by atoms with Crippen molar-refractivity contribution < 1.29 is 24.3 Å². The Balaban J connectivity index is 2.60. The van der Waals surface area contributed by atoms with Gasteiger partial charge < -0.3 is 15.7 Å². The lowest BCUT2D eigenvalue weighted by Crippen LogP contribution is -2.29. The van der Waals surface area contributed by atoms with E-state index in [-0.39, 0.29) is 41.0 Å². The first-order valence-corrected chi connectivity index (χ1v) is 8.56. The molecular formula is C18H22N4O5. The van der Waals surface area contributed by atoms with Crippen LogP contribution in [0.5, 0.6) is 0 Å². The Morgan fingerprint density at radius 1 is 1.33 bits per heavy atom. The van der Waals surface area contributed by atoms with Crippen molar-refractivity contribution in [3.05, 3.63) is 22.9 Å². The molecule has 1 saturated carbocycles. The SMILES string of the molecule is CC(C)C/C(C(=O)NC1CC1)=C(/O)n1nc(C=O)c(/C=C/C=O)c1NC=O. The smallest absolute Gasteiger partial charge is 0.252 e. The molecule has 0 aliphatic heterocycles. The lowest BCUT2D eigenvalue weighted by atomic mass is 10.0. The summed E-state index contributed by atoms with van der Waals surface area (Å²) in [6.07, 6.45) is 5.72. The van der Waals surface area contributed by atoms with Gasteiger partial charge in [-0.2, -0.15) is 9.78 Å². The van der Waals surface area contributed by atoms with Gasteiger partial charge >= 0.3 is 0 Å². The van der Waals surface area contributed by atoms with Crippen LogP contribution in [0.2, 0.25) is 0 Å². The molecule has 1 aliphatic rings. The van der Waals surface area contributed by atoms with Gasteiger partial charge in [0.15, 0.2) is 6.29 Å². The molecule has 2 rings (SSSR count). The molecule has 1 aliphatic carbocycles. The fourth-order valence-electron chi connectivity index (χ4n) is 2.50. The zero-order valence-corrected chi connectivity index (χ0v) is 15.1. The average Bonchev–Trinajstić information content (AvgIpc) is 3.37. The van der Waals surface area contributed by atoms with Gasteiger partial charge in [-0.15, -0.1) is 0 Å². The van der Waals surface area contributed by atoms with Crippen LogP contribution in [0.25, 0.3) is 12.0 Å². The number of amides is 2. The maximum absolute atomic E-state index is 12.6. The van der Waals surface area contributed by atoms with E-state index in [0.29, 0.717) is 19.0 Å². The van der Waals surface area contributed by atoms with Crippen molar-refractivity contribution in [2.45, 2.75) is 39.2 Å². The minimum Gasteiger partial charge on any atom is -0.493 e. The number of allylic oxidation sites excluding steroid dienone is 1. The minimum absolute atomic E-state index is 0.0248. The summed E-state index contributed by atoms with van der Waals surface area (Å²) >= 11 is 0. The van der Waals surface area contributed by atoms with Gasteiger partial charge in [0.25, 0.3) is 5.91 Å². The molecule has 0 atom stereocenters. The van der Waals surface area contributed by atoms with E-state index in [1.54, 1.807) is 0 Å². The third kappa shape index (κ3) is 4.90. The molecule has 0 aromatic carbocycles. The largest absolute Gasteiger partial charge is 0.493 e. The summed E-state index contributed by atoms with van der Waals surface area (Å²) < 4.78 is 0.923. The second kappa shape index (κ2) is 8.93. The van der Waals surface area contributed by atoms with E-state index in [2.05, 4.69) is 15.7 Å². The highest BCUT2D eigenvalue weighted by Crippen LogP contribution is 2.27. The maximum atomic E-state index is 12.6. The molecule has 0 unspecified atom stereocenters. The van der Waals surface area contributed by atoms with Crippen LogP contribution in [0.15, 0.2) is 11.6 Å². The number of hydrogen-bond donors (Lipinski definition) is 3. The third-order valence-corrected chi connectivity index (χ3v) is 3.87. The number of carbonyl (C=O) groups excluding carboxylic acids is 4. The van der Waals surface area contributed by atoms with Gasteiger partial charge in [0, 0.05) is 11.6 Å². The molecule has 9 nitrogen and oxygen atoms in total. The van der Waals surface area contributed by atoms with Gasteiger partial charge in [0.1, 0.15) is 17.8 Å². The number of aliphatic hydroxyl groups is 1. The summed E-state index contributed by atoms with van der Waals surface area (Å²) in [5.74, 6) is -0.873. The van der Waals surface area contributed by atoms with Crippen molar-refractivity contribution in [3.8, 4) is 0 Å². The van der Waals surface area contributed by atoms with E-state index in [1.807, 2.05) is 13.8 Å². The van der Waals surface area contributed by atoms with E-state index >= 15 is 0 Å². The first-order valence-electron chi connectivity index (χ1n) is 8.56. The van der Waals surface area contributed by atoms with Gasteiger partial charge in [-0.1, -0.05) is 13.8 Å². The van der Waals surface area contributed by atoms with Crippen LogP contribution in [0, 0.1) is 5.92 Å². The van der Waals surface area contributed by atoms with Gasteiger partial charge in [-0.3, -0.25) is 19.2 Å². The second-order valence-electron chi connectivity index (χ2n) is 6.58. The van der Waals surface area contributed by atoms with Crippen molar-refractivity contribution >= 4 is 42.7 Å². The molecule has 1 aromatic rings. The number of anilines is 1. The van der Waals surface area contributed by atoms with Crippen molar-refractivity contribution in [1.29, 1.82) is 0 Å². The molecule has 0 radical (unpaired) electrons. The number of aldehydes is 2. The number of rotatable bonds is 10. The molecule has 144 valence electrons. The molecule has 27 heavy (non-hydrogen) atoms. The summed E-state index contributed by atoms with van der Waals surface area (Å²) in [4.78, 5) is 45.5.